The van der Waals surface area contributed by atoms with Crippen LogP contribution >= 0.6 is 0 Å². The average Bonchev–Trinajstić information content (AvgIpc) is 2.47. The Labute approximate surface area is 126 Å². The van der Waals surface area contributed by atoms with Crippen LogP contribution < -0.4 is 0 Å². The zero-order chi connectivity index (χ0) is 15.1. The number of likely N-dealkylation sites (tertiary alicyclic amines) is 1. The first kappa shape index (κ1) is 16.0. The van der Waals surface area contributed by atoms with Crippen molar-refractivity contribution < 1.29 is 14.6 Å². The summed E-state index contributed by atoms with van der Waals surface area (Å²) in [7, 11) is 1.72. The fourth-order valence-electron chi connectivity index (χ4n) is 3.00. The van der Waals surface area contributed by atoms with Crippen molar-refractivity contribution >= 4 is 5.97 Å². The summed E-state index contributed by atoms with van der Waals surface area (Å²) in [6.07, 6.45) is 3.37. The number of nitrogens with zero attached hydrogens (tertiary/aromatic N) is 1. The lowest BCUT2D eigenvalue weighted by Gasteiger charge is -2.31. The number of hydrogen-bond donors (Lipinski definition) is 1. The van der Waals surface area contributed by atoms with E-state index >= 15 is 0 Å². The molecule has 21 heavy (non-hydrogen) atoms. The van der Waals surface area contributed by atoms with E-state index < -0.39 is 5.97 Å². The molecule has 0 unspecified atom stereocenters. The molecule has 1 aliphatic heterocycles. The Morgan fingerprint density at radius 3 is 2.71 bits per heavy atom. The molecule has 0 saturated carbocycles. The Hall–Kier alpha value is -1.39. The van der Waals surface area contributed by atoms with Gasteiger partial charge < -0.3 is 9.84 Å². The Morgan fingerprint density at radius 1 is 1.33 bits per heavy atom. The molecule has 1 aromatic rings. The van der Waals surface area contributed by atoms with Gasteiger partial charge in [0, 0.05) is 20.1 Å². The van der Waals surface area contributed by atoms with Crippen LogP contribution in [0.15, 0.2) is 24.3 Å². The zero-order valence-corrected chi connectivity index (χ0v) is 12.8. The number of carboxylic acid groups (broad SMARTS) is 1. The molecule has 0 bridgehead atoms. The molecule has 4 nitrogen and oxygen atoms in total. The number of hydrogen-bond acceptors (Lipinski definition) is 3. The minimum Gasteiger partial charge on any atom is -0.481 e. The maximum Gasteiger partial charge on any atom is 0.303 e. The predicted molar refractivity (Wildman–Crippen MR) is 82.0 cm³/mol. The summed E-state index contributed by atoms with van der Waals surface area (Å²) in [6, 6.07) is 8.55. The maximum absolute atomic E-state index is 10.6. The highest BCUT2D eigenvalue weighted by Gasteiger charge is 2.19. The highest BCUT2D eigenvalue weighted by molar-refractivity contribution is 5.66. The Bertz CT molecular complexity index is 453. The third kappa shape index (κ3) is 5.48. The lowest BCUT2D eigenvalue weighted by Crippen LogP contribution is -2.33. The molecule has 2 rings (SSSR count). The average molecular weight is 291 g/mol. The summed E-state index contributed by atoms with van der Waals surface area (Å²) in [6.45, 7) is 3.77. The number of ether oxygens (including phenoxy) is 1. The third-order valence-corrected chi connectivity index (χ3v) is 4.18. The van der Waals surface area contributed by atoms with E-state index in [0.29, 0.717) is 18.9 Å². The molecule has 0 radical (unpaired) electrons. The van der Waals surface area contributed by atoms with Gasteiger partial charge in [0.1, 0.15) is 0 Å². The van der Waals surface area contributed by atoms with Crippen LogP contribution in [0.3, 0.4) is 0 Å². The highest BCUT2D eigenvalue weighted by Crippen LogP contribution is 2.23. The van der Waals surface area contributed by atoms with Gasteiger partial charge in [-0.2, -0.15) is 0 Å². The van der Waals surface area contributed by atoms with Gasteiger partial charge in [-0.1, -0.05) is 24.3 Å². The normalized spacial score (nSPS) is 17.0. The van der Waals surface area contributed by atoms with Crippen LogP contribution in [0.4, 0.5) is 0 Å². The largest absolute Gasteiger partial charge is 0.481 e. The molecule has 1 heterocycles. The van der Waals surface area contributed by atoms with E-state index in [0.717, 1.165) is 38.9 Å². The first-order valence-corrected chi connectivity index (χ1v) is 7.68. The van der Waals surface area contributed by atoms with Crippen molar-refractivity contribution in [2.45, 2.75) is 38.8 Å². The van der Waals surface area contributed by atoms with Crippen molar-refractivity contribution in [1.82, 2.24) is 4.90 Å². The number of carboxylic acids is 1. The molecule has 1 fully saturated rings. The van der Waals surface area contributed by atoms with Gasteiger partial charge in [0.25, 0.3) is 0 Å². The monoisotopic (exact) mass is 291 g/mol. The fourth-order valence-corrected chi connectivity index (χ4v) is 3.00. The molecule has 0 spiro atoms. The van der Waals surface area contributed by atoms with E-state index in [1.165, 1.54) is 11.1 Å². The minimum absolute atomic E-state index is 0.309. The van der Waals surface area contributed by atoms with Crippen molar-refractivity contribution in [2.75, 3.05) is 20.2 Å². The van der Waals surface area contributed by atoms with Gasteiger partial charge in [-0.3, -0.25) is 9.69 Å². The van der Waals surface area contributed by atoms with Crippen molar-refractivity contribution in [3.63, 3.8) is 0 Å². The maximum atomic E-state index is 10.6. The molecular weight excluding hydrogens is 266 g/mol. The number of carbonyl (C=O) groups is 1. The number of benzene rings is 1. The molecule has 1 aromatic carbocycles. The molecule has 4 heteroatoms. The van der Waals surface area contributed by atoms with E-state index in [9.17, 15) is 4.79 Å². The van der Waals surface area contributed by atoms with Crippen LogP contribution in [-0.4, -0.2) is 36.2 Å². The van der Waals surface area contributed by atoms with Gasteiger partial charge in [-0.25, -0.2) is 0 Å². The quantitative estimate of drug-likeness (QED) is 0.839. The van der Waals surface area contributed by atoms with E-state index in [4.69, 9.17) is 9.84 Å². The molecule has 0 aliphatic carbocycles. The topological polar surface area (TPSA) is 49.8 Å². The second-order valence-electron chi connectivity index (χ2n) is 5.90. The van der Waals surface area contributed by atoms with Gasteiger partial charge >= 0.3 is 5.97 Å². The number of piperidine rings is 1. The molecule has 116 valence electrons. The van der Waals surface area contributed by atoms with Crippen LogP contribution in [0.2, 0.25) is 0 Å². The van der Waals surface area contributed by atoms with Crippen LogP contribution in [0.25, 0.3) is 0 Å². The molecule has 1 saturated heterocycles. The van der Waals surface area contributed by atoms with Crippen LogP contribution in [0, 0.1) is 5.92 Å². The summed E-state index contributed by atoms with van der Waals surface area (Å²) < 4.78 is 5.17. The highest BCUT2D eigenvalue weighted by atomic mass is 16.5. The first-order valence-electron chi connectivity index (χ1n) is 7.68. The number of rotatable bonds is 7. The Morgan fingerprint density at radius 2 is 2.05 bits per heavy atom. The van der Waals surface area contributed by atoms with E-state index in [-0.39, 0.29) is 0 Å². The molecule has 0 amide bonds. The second-order valence-corrected chi connectivity index (χ2v) is 5.90. The number of aliphatic carboxylic acids is 1. The van der Waals surface area contributed by atoms with Gasteiger partial charge in [-0.05, 0) is 49.4 Å². The van der Waals surface area contributed by atoms with Crippen LogP contribution in [0.5, 0.6) is 0 Å². The van der Waals surface area contributed by atoms with Gasteiger partial charge in [-0.15, -0.1) is 0 Å². The molecule has 1 N–H and O–H groups in total. The number of methoxy groups -OCH3 is 1. The van der Waals surface area contributed by atoms with Crippen molar-refractivity contribution in [2.24, 2.45) is 5.92 Å². The summed E-state index contributed by atoms with van der Waals surface area (Å²) in [5.74, 6) is -0.0930. The van der Waals surface area contributed by atoms with Gasteiger partial charge in [0.15, 0.2) is 0 Å². The zero-order valence-electron chi connectivity index (χ0n) is 12.8. The fraction of sp³-hybridized carbons (Fsp3) is 0.588. The lowest BCUT2D eigenvalue weighted by atomic mass is 9.92. The van der Waals surface area contributed by atoms with Crippen molar-refractivity contribution in [3.8, 4) is 0 Å². The lowest BCUT2D eigenvalue weighted by molar-refractivity contribution is -0.137. The van der Waals surface area contributed by atoms with E-state index in [1.54, 1.807) is 7.11 Å². The van der Waals surface area contributed by atoms with Crippen LogP contribution in [0.1, 0.15) is 36.8 Å². The minimum atomic E-state index is -0.674. The smallest absolute Gasteiger partial charge is 0.303 e. The third-order valence-electron chi connectivity index (χ3n) is 4.18. The van der Waals surface area contributed by atoms with E-state index in [1.807, 2.05) is 0 Å². The van der Waals surface area contributed by atoms with E-state index in [2.05, 4.69) is 29.2 Å². The van der Waals surface area contributed by atoms with Crippen molar-refractivity contribution in [1.29, 1.82) is 0 Å². The molecule has 0 atom stereocenters. The van der Waals surface area contributed by atoms with Gasteiger partial charge in [0.2, 0.25) is 0 Å². The standard InChI is InChI=1S/C17H25NO3/c1-21-13-16-4-2-3-15(11-16)12-18-9-7-14(8-10-18)5-6-17(19)20/h2-4,11,14H,5-10,12-13H2,1H3,(H,19,20). The molecular formula is C17H25NO3. The second kappa shape index (κ2) is 8.15. The summed E-state index contributed by atoms with van der Waals surface area (Å²) in [5, 5.41) is 8.74. The van der Waals surface area contributed by atoms with Crippen LogP contribution in [-0.2, 0) is 22.7 Å². The Kier molecular flexibility index (Phi) is 6.21. The first-order chi connectivity index (χ1) is 10.2. The summed E-state index contributed by atoms with van der Waals surface area (Å²) >= 11 is 0. The predicted octanol–water partition coefficient (Wildman–Crippen LogP) is 2.91. The summed E-state index contributed by atoms with van der Waals surface area (Å²) in [5.41, 5.74) is 2.54. The SMILES string of the molecule is COCc1cccc(CN2CCC(CCC(=O)O)CC2)c1. The molecule has 0 aromatic heterocycles. The summed E-state index contributed by atoms with van der Waals surface area (Å²) in [4.78, 5) is 13.1. The van der Waals surface area contributed by atoms with Crippen molar-refractivity contribution in [3.05, 3.63) is 35.4 Å². The Balaban J connectivity index is 1.78. The molecule has 1 aliphatic rings. The van der Waals surface area contributed by atoms with Gasteiger partial charge in [0.05, 0.1) is 6.61 Å².